The van der Waals surface area contributed by atoms with Crippen molar-refractivity contribution in [2.24, 2.45) is 0 Å². The van der Waals surface area contributed by atoms with E-state index in [1.54, 1.807) is 12.1 Å². The average molecular weight is 331 g/mol. The number of anilines is 1. The number of terminal acetylenes is 1. The molecule has 0 aliphatic rings. The number of nitrogens with two attached hydrogens (primary N) is 1. The van der Waals surface area contributed by atoms with E-state index < -0.39 is 10.0 Å². The molecule has 0 aliphatic heterocycles. The van der Waals surface area contributed by atoms with Gasteiger partial charge in [0.1, 0.15) is 0 Å². The lowest BCUT2D eigenvalue weighted by Crippen LogP contribution is -2.32. The van der Waals surface area contributed by atoms with Crippen molar-refractivity contribution in [1.82, 2.24) is 4.31 Å². The van der Waals surface area contributed by atoms with Gasteiger partial charge in [-0.05, 0) is 40.5 Å². The zero-order valence-corrected chi connectivity index (χ0v) is 12.5. The van der Waals surface area contributed by atoms with Crippen LogP contribution in [-0.4, -0.2) is 25.8 Å². The molecule has 1 aromatic rings. The summed E-state index contributed by atoms with van der Waals surface area (Å²) in [6, 6.07) is 4.60. The Morgan fingerprint density at radius 1 is 1.50 bits per heavy atom. The van der Waals surface area contributed by atoms with Crippen molar-refractivity contribution < 1.29 is 8.42 Å². The maximum atomic E-state index is 12.4. The quantitative estimate of drug-likeness (QED) is 0.664. The number of hydrogen-bond donors (Lipinski definition) is 1. The van der Waals surface area contributed by atoms with Gasteiger partial charge in [0.15, 0.2) is 0 Å². The van der Waals surface area contributed by atoms with Crippen molar-refractivity contribution in [2.75, 3.05) is 18.8 Å². The van der Waals surface area contributed by atoms with Gasteiger partial charge in [0, 0.05) is 16.7 Å². The molecular formula is C12H15BrN2O2S. The number of sulfonamides is 1. The third-order valence-electron chi connectivity index (χ3n) is 2.31. The van der Waals surface area contributed by atoms with E-state index in [0.717, 1.165) is 0 Å². The van der Waals surface area contributed by atoms with Crippen LogP contribution in [0, 0.1) is 12.3 Å². The first kappa shape index (κ1) is 15.0. The lowest BCUT2D eigenvalue weighted by Gasteiger charge is -2.20. The monoisotopic (exact) mass is 330 g/mol. The number of halogens is 1. The van der Waals surface area contributed by atoms with Gasteiger partial charge in [-0.25, -0.2) is 8.42 Å². The topological polar surface area (TPSA) is 63.4 Å². The second-order valence-corrected chi connectivity index (χ2v) is 6.49. The van der Waals surface area contributed by atoms with Crippen LogP contribution >= 0.6 is 15.9 Å². The molecule has 0 saturated heterocycles. The van der Waals surface area contributed by atoms with Crippen molar-refractivity contribution in [3.8, 4) is 12.3 Å². The maximum Gasteiger partial charge on any atom is 0.245 e. The molecule has 0 spiro atoms. The predicted molar refractivity (Wildman–Crippen MR) is 76.4 cm³/mol. The summed E-state index contributed by atoms with van der Waals surface area (Å²) in [6.45, 7) is 2.35. The molecule has 4 nitrogen and oxygen atoms in total. The molecule has 1 aromatic carbocycles. The highest BCUT2D eigenvalue weighted by atomic mass is 79.9. The Bertz CT molecular complexity index is 564. The molecule has 0 amide bonds. The van der Waals surface area contributed by atoms with Crippen LogP contribution in [-0.2, 0) is 10.0 Å². The van der Waals surface area contributed by atoms with E-state index in [9.17, 15) is 8.42 Å². The molecule has 6 heteroatoms. The first-order valence-corrected chi connectivity index (χ1v) is 7.65. The van der Waals surface area contributed by atoms with Crippen LogP contribution in [0.3, 0.4) is 0 Å². The van der Waals surface area contributed by atoms with Crippen molar-refractivity contribution in [3.05, 3.63) is 22.7 Å². The smallest absolute Gasteiger partial charge is 0.245 e. The van der Waals surface area contributed by atoms with E-state index in [1.165, 1.54) is 10.4 Å². The lowest BCUT2D eigenvalue weighted by atomic mass is 10.3. The van der Waals surface area contributed by atoms with Crippen LogP contribution in [0.25, 0.3) is 0 Å². The minimum absolute atomic E-state index is 0.0625. The van der Waals surface area contributed by atoms with Gasteiger partial charge >= 0.3 is 0 Å². The molecule has 98 valence electrons. The van der Waals surface area contributed by atoms with Crippen LogP contribution in [0.4, 0.5) is 5.69 Å². The number of benzene rings is 1. The van der Waals surface area contributed by atoms with Gasteiger partial charge in [0.05, 0.1) is 11.4 Å². The Morgan fingerprint density at radius 2 is 2.17 bits per heavy atom. The van der Waals surface area contributed by atoms with Gasteiger partial charge < -0.3 is 5.73 Å². The Kier molecular flexibility index (Phi) is 5.20. The minimum atomic E-state index is -3.58. The minimum Gasteiger partial charge on any atom is -0.399 e. The summed E-state index contributed by atoms with van der Waals surface area (Å²) in [4.78, 5) is 0.181. The van der Waals surface area contributed by atoms with Crippen LogP contribution in [0.2, 0.25) is 0 Å². The van der Waals surface area contributed by atoms with Gasteiger partial charge in [-0.3, -0.25) is 0 Å². The molecule has 0 heterocycles. The Balaban J connectivity index is 3.22. The molecule has 0 atom stereocenters. The fourth-order valence-corrected chi connectivity index (χ4v) is 4.00. The Labute approximate surface area is 116 Å². The zero-order valence-electron chi connectivity index (χ0n) is 10.1. The molecule has 0 radical (unpaired) electrons. The first-order valence-electron chi connectivity index (χ1n) is 5.42. The lowest BCUT2D eigenvalue weighted by molar-refractivity contribution is 0.445. The highest BCUT2D eigenvalue weighted by molar-refractivity contribution is 9.10. The highest BCUT2D eigenvalue weighted by Crippen LogP contribution is 2.27. The molecule has 2 N–H and O–H groups in total. The summed E-state index contributed by atoms with van der Waals surface area (Å²) >= 11 is 3.22. The highest BCUT2D eigenvalue weighted by Gasteiger charge is 2.25. The number of nitrogen functional groups attached to an aromatic ring is 1. The number of nitrogens with zero attached hydrogens (tertiary/aromatic N) is 1. The first-order chi connectivity index (χ1) is 8.43. The maximum absolute atomic E-state index is 12.4. The number of hydrogen-bond acceptors (Lipinski definition) is 3. The summed E-state index contributed by atoms with van der Waals surface area (Å²) in [5, 5.41) is 0. The third kappa shape index (κ3) is 3.25. The molecule has 0 bridgehead atoms. The molecule has 0 saturated carbocycles. The largest absolute Gasteiger partial charge is 0.399 e. The molecule has 0 fully saturated rings. The van der Waals surface area contributed by atoms with Crippen molar-refractivity contribution in [3.63, 3.8) is 0 Å². The zero-order chi connectivity index (χ0) is 13.8. The molecule has 0 unspecified atom stereocenters. The van der Waals surface area contributed by atoms with Crippen molar-refractivity contribution in [2.45, 2.75) is 18.2 Å². The fourth-order valence-electron chi connectivity index (χ4n) is 1.50. The van der Waals surface area contributed by atoms with Crippen LogP contribution in [0.15, 0.2) is 27.6 Å². The fraction of sp³-hybridized carbons (Fsp3) is 0.333. The molecule has 0 aliphatic carbocycles. The van der Waals surface area contributed by atoms with Gasteiger partial charge in [-0.1, -0.05) is 12.8 Å². The van der Waals surface area contributed by atoms with E-state index in [0.29, 0.717) is 23.1 Å². The van der Waals surface area contributed by atoms with Crippen molar-refractivity contribution >= 4 is 31.6 Å². The van der Waals surface area contributed by atoms with Crippen LogP contribution in [0.5, 0.6) is 0 Å². The summed E-state index contributed by atoms with van der Waals surface area (Å²) in [5.74, 6) is 2.37. The second-order valence-electron chi connectivity index (χ2n) is 3.73. The summed E-state index contributed by atoms with van der Waals surface area (Å²) in [6.07, 6.45) is 5.91. The third-order valence-corrected chi connectivity index (χ3v) is 5.14. The van der Waals surface area contributed by atoms with E-state index in [-0.39, 0.29) is 11.4 Å². The van der Waals surface area contributed by atoms with Gasteiger partial charge in [0.25, 0.3) is 0 Å². The standard InChI is InChI=1S/C12H15BrN2O2S/c1-3-7-15(8-4-2)18(16,17)12-6-5-10(14)9-11(12)13/h1,5-6,9H,4,7-8,14H2,2H3. The van der Waals surface area contributed by atoms with E-state index in [1.807, 2.05) is 6.92 Å². The van der Waals surface area contributed by atoms with E-state index in [2.05, 4.69) is 21.9 Å². The summed E-state index contributed by atoms with van der Waals surface area (Å²) < 4.78 is 26.5. The Morgan fingerprint density at radius 3 is 2.67 bits per heavy atom. The SMILES string of the molecule is C#CCN(CCC)S(=O)(=O)c1ccc(N)cc1Br. The summed E-state index contributed by atoms with van der Waals surface area (Å²) in [5.41, 5.74) is 6.09. The normalized spacial score (nSPS) is 11.4. The molecule has 1 rings (SSSR count). The van der Waals surface area contributed by atoms with Gasteiger partial charge in [-0.2, -0.15) is 4.31 Å². The summed E-state index contributed by atoms with van der Waals surface area (Å²) in [7, 11) is -3.58. The van der Waals surface area contributed by atoms with Gasteiger partial charge in [0.2, 0.25) is 10.0 Å². The van der Waals surface area contributed by atoms with Crippen LogP contribution in [0.1, 0.15) is 13.3 Å². The predicted octanol–water partition coefficient (Wildman–Crippen LogP) is 2.07. The van der Waals surface area contributed by atoms with Gasteiger partial charge in [-0.15, -0.1) is 6.42 Å². The molecular weight excluding hydrogens is 316 g/mol. The van der Waals surface area contributed by atoms with E-state index in [4.69, 9.17) is 12.2 Å². The average Bonchev–Trinajstić information content (AvgIpc) is 2.28. The molecule has 18 heavy (non-hydrogen) atoms. The van der Waals surface area contributed by atoms with E-state index >= 15 is 0 Å². The molecule has 0 aromatic heterocycles. The Hall–Kier alpha value is -1.03. The van der Waals surface area contributed by atoms with Crippen LogP contribution < -0.4 is 5.73 Å². The second kappa shape index (κ2) is 6.23. The van der Waals surface area contributed by atoms with Crippen molar-refractivity contribution in [1.29, 1.82) is 0 Å². The number of rotatable bonds is 5.